The van der Waals surface area contributed by atoms with Gasteiger partial charge < -0.3 is 14.2 Å². The molecule has 0 amide bonds. The predicted octanol–water partition coefficient (Wildman–Crippen LogP) is 0.148. The Morgan fingerprint density at radius 1 is 1.71 bits per heavy atom. The second-order valence-corrected chi connectivity index (χ2v) is 5.57. The number of rotatable bonds is 5. The van der Waals surface area contributed by atoms with Gasteiger partial charge in [0.15, 0.2) is 12.2 Å². The third kappa shape index (κ3) is 3.77. The third-order valence-electron chi connectivity index (χ3n) is 2.19. The molecule has 0 fully saturated rings. The first-order valence-electron chi connectivity index (χ1n) is 5.19. The summed E-state index contributed by atoms with van der Waals surface area (Å²) in [4.78, 5) is 17.3. The van der Waals surface area contributed by atoms with Crippen LogP contribution in [0, 0.1) is 0 Å². The molecule has 0 saturated carbocycles. The monoisotopic (exact) mass is 256 g/mol. The van der Waals surface area contributed by atoms with Crippen LogP contribution in [0.3, 0.4) is 0 Å². The van der Waals surface area contributed by atoms with Crippen molar-refractivity contribution in [1.29, 1.82) is 0 Å². The molecular formula is C10H14N3O3S+. The van der Waals surface area contributed by atoms with Crippen LogP contribution in [0.25, 0.3) is 0 Å². The van der Waals surface area contributed by atoms with E-state index in [0.717, 1.165) is 5.88 Å². The van der Waals surface area contributed by atoms with Crippen LogP contribution in [0.15, 0.2) is 22.5 Å². The van der Waals surface area contributed by atoms with Crippen molar-refractivity contribution in [3.05, 3.63) is 23.8 Å². The molecule has 0 saturated heterocycles. The highest BCUT2D eigenvalue weighted by molar-refractivity contribution is 7.99. The minimum absolute atomic E-state index is 0.229. The number of nitrogens with zero attached hydrogens (tertiary/aromatic N) is 3. The van der Waals surface area contributed by atoms with Crippen molar-refractivity contribution in [2.75, 3.05) is 25.3 Å². The van der Waals surface area contributed by atoms with E-state index in [1.807, 2.05) is 11.1 Å². The van der Waals surface area contributed by atoms with Gasteiger partial charge in [0.1, 0.15) is 24.8 Å². The highest BCUT2D eigenvalue weighted by atomic mass is 32.2. The van der Waals surface area contributed by atoms with Gasteiger partial charge in [0.25, 0.3) is 0 Å². The van der Waals surface area contributed by atoms with Crippen LogP contribution in [0.5, 0.6) is 0 Å². The van der Waals surface area contributed by atoms with E-state index in [4.69, 9.17) is 9.26 Å². The van der Waals surface area contributed by atoms with Gasteiger partial charge in [-0.2, -0.15) is 4.98 Å². The number of esters is 1. The second-order valence-electron chi connectivity index (χ2n) is 3.66. The van der Waals surface area contributed by atoms with Crippen molar-refractivity contribution < 1.29 is 14.1 Å². The molecule has 17 heavy (non-hydrogen) atoms. The van der Waals surface area contributed by atoms with Crippen LogP contribution < -0.4 is 0 Å². The van der Waals surface area contributed by atoms with E-state index in [0.29, 0.717) is 18.9 Å². The molecule has 1 aromatic rings. The zero-order valence-corrected chi connectivity index (χ0v) is 10.4. The average Bonchev–Trinajstić information content (AvgIpc) is 2.90. The van der Waals surface area contributed by atoms with Crippen LogP contribution in [-0.4, -0.2) is 46.3 Å². The van der Waals surface area contributed by atoms with Gasteiger partial charge >= 0.3 is 5.97 Å². The molecule has 2 heterocycles. The molecule has 0 bridgehead atoms. The molecule has 0 aliphatic carbocycles. The molecule has 92 valence electrons. The molecule has 0 spiro atoms. The van der Waals surface area contributed by atoms with Gasteiger partial charge in [-0.25, -0.2) is 0 Å². The number of aromatic nitrogens is 2. The fourth-order valence-corrected chi connectivity index (χ4v) is 2.57. The number of ether oxygens (including phenoxy) is 1. The maximum atomic E-state index is 11.5. The van der Waals surface area contributed by atoms with Gasteiger partial charge in [0, 0.05) is 10.9 Å². The summed E-state index contributed by atoms with van der Waals surface area (Å²) in [6.45, 7) is 0.577. The van der Waals surface area contributed by atoms with E-state index < -0.39 is 0 Å². The fraction of sp³-hybridized carbons (Fsp3) is 0.500. The first-order chi connectivity index (χ1) is 8.24. The van der Waals surface area contributed by atoms with Crippen molar-refractivity contribution >= 4 is 16.9 Å². The first kappa shape index (κ1) is 12.0. The number of carbonyl (C=O) groups excluding carboxylic acids is 1. The van der Waals surface area contributed by atoms with Crippen LogP contribution >= 0.6 is 0 Å². The van der Waals surface area contributed by atoms with Gasteiger partial charge in [-0.3, -0.25) is 4.79 Å². The molecule has 1 aliphatic heterocycles. The maximum absolute atomic E-state index is 11.5. The van der Waals surface area contributed by atoms with Gasteiger partial charge in [-0.05, 0) is 0 Å². The van der Waals surface area contributed by atoms with Gasteiger partial charge in [-0.1, -0.05) is 5.16 Å². The summed E-state index contributed by atoms with van der Waals surface area (Å²) in [5.74, 6) is 1.15. The van der Waals surface area contributed by atoms with Crippen LogP contribution in [0.4, 0.5) is 0 Å². The molecule has 1 aromatic heterocycles. The van der Waals surface area contributed by atoms with Gasteiger partial charge in [-0.15, -0.1) is 0 Å². The maximum Gasteiger partial charge on any atom is 0.325 e. The lowest BCUT2D eigenvalue weighted by Crippen LogP contribution is -2.27. The van der Waals surface area contributed by atoms with Crippen molar-refractivity contribution in [3.63, 3.8) is 0 Å². The first-order valence-corrected chi connectivity index (χ1v) is 7.05. The molecule has 0 aromatic carbocycles. The van der Waals surface area contributed by atoms with Gasteiger partial charge in [0.2, 0.25) is 5.89 Å². The van der Waals surface area contributed by atoms with Crippen molar-refractivity contribution in [3.8, 4) is 0 Å². The largest absolute Gasteiger partial charge is 0.464 e. The van der Waals surface area contributed by atoms with Crippen LogP contribution in [-0.2, 0) is 26.8 Å². The Morgan fingerprint density at radius 3 is 3.24 bits per heavy atom. The zero-order chi connectivity index (χ0) is 12.1. The topological polar surface area (TPSA) is 68.5 Å². The summed E-state index contributed by atoms with van der Waals surface area (Å²) >= 11 is 0. The van der Waals surface area contributed by atoms with E-state index >= 15 is 0 Å². The molecule has 1 aliphatic rings. The van der Waals surface area contributed by atoms with E-state index in [1.54, 1.807) is 0 Å². The minimum Gasteiger partial charge on any atom is -0.464 e. The fourth-order valence-electron chi connectivity index (χ4n) is 1.41. The summed E-state index contributed by atoms with van der Waals surface area (Å²) in [5, 5.41) is 5.57. The van der Waals surface area contributed by atoms with Crippen molar-refractivity contribution in [1.82, 2.24) is 15.0 Å². The molecule has 2 rings (SSSR count). The lowest BCUT2D eigenvalue weighted by Gasteiger charge is -2.11. The van der Waals surface area contributed by atoms with E-state index in [-0.39, 0.29) is 23.5 Å². The number of hydrogen-bond donors (Lipinski definition) is 0. The highest BCUT2D eigenvalue weighted by Gasteiger charge is 2.21. The molecular weight excluding hydrogens is 242 g/mol. The smallest absolute Gasteiger partial charge is 0.325 e. The highest BCUT2D eigenvalue weighted by Crippen LogP contribution is 2.08. The Morgan fingerprint density at radius 2 is 2.59 bits per heavy atom. The lowest BCUT2D eigenvalue weighted by molar-refractivity contribution is -0.144. The van der Waals surface area contributed by atoms with Crippen molar-refractivity contribution in [2.45, 2.75) is 6.42 Å². The standard InChI is InChI=1S/C10H14N3O3S/c1-17-5-3-13(8-17)6-10(14)15-4-2-9-11-7-12-16-9/h3,5,7H,2,4,6,8H2,1H3/q+1. The van der Waals surface area contributed by atoms with Gasteiger partial charge in [0.05, 0.1) is 12.6 Å². The predicted molar refractivity (Wildman–Crippen MR) is 63.0 cm³/mol. The quantitative estimate of drug-likeness (QED) is 0.551. The Bertz CT molecular complexity index is 394. The summed E-state index contributed by atoms with van der Waals surface area (Å²) in [5.41, 5.74) is 0. The summed E-state index contributed by atoms with van der Waals surface area (Å²) < 4.78 is 9.86. The molecule has 6 nitrogen and oxygen atoms in total. The summed E-state index contributed by atoms with van der Waals surface area (Å²) in [6, 6.07) is 0. The normalized spacial score (nSPS) is 18.6. The minimum atomic E-state index is -0.229. The molecule has 0 radical (unpaired) electrons. The number of hydrogen-bond acceptors (Lipinski definition) is 6. The Balaban J connectivity index is 1.63. The SMILES string of the molecule is C[S+]1C=CN(CC(=O)OCCc2ncno2)C1. The lowest BCUT2D eigenvalue weighted by atomic mass is 10.4. The molecule has 1 atom stereocenters. The second kappa shape index (κ2) is 5.72. The average molecular weight is 256 g/mol. The zero-order valence-electron chi connectivity index (χ0n) is 9.54. The molecule has 1 unspecified atom stereocenters. The Kier molecular flexibility index (Phi) is 4.03. The summed E-state index contributed by atoms with van der Waals surface area (Å²) in [6.07, 6.45) is 5.87. The third-order valence-corrected chi connectivity index (χ3v) is 3.52. The van der Waals surface area contributed by atoms with Crippen LogP contribution in [0.1, 0.15) is 5.89 Å². The summed E-state index contributed by atoms with van der Waals surface area (Å²) in [7, 11) is 0.255. The number of carbonyl (C=O) groups is 1. The molecule has 7 heteroatoms. The van der Waals surface area contributed by atoms with E-state index in [1.165, 1.54) is 6.33 Å². The van der Waals surface area contributed by atoms with E-state index in [9.17, 15) is 4.79 Å². The Labute approximate surface area is 102 Å². The van der Waals surface area contributed by atoms with E-state index in [2.05, 4.69) is 21.8 Å². The van der Waals surface area contributed by atoms with Crippen molar-refractivity contribution in [2.24, 2.45) is 0 Å². The van der Waals surface area contributed by atoms with Crippen LogP contribution in [0.2, 0.25) is 0 Å². The Hall–Kier alpha value is -1.50. The molecule has 0 N–H and O–H groups in total.